The van der Waals surface area contributed by atoms with Crippen molar-refractivity contribution in [1.29, 1.82) is 0 Å². The zero-order valence-corrected chi connectivity index (χ0v) is 18.0. The maximum Gasteiger partial charge on any atom is 0.419 e. The van der Waals surface area contributed by atoms with E-state index < -0.39 is 41.4 Å². The van der Waals surface area contributed by atoms with Gasteiger partial charge in [0.1, 0.15) is 11.6 Å². The van der Waals surface area contributed by atoms with E-state index in [2.05, 4.69) is 5.32 Å². The van der Waals surface area contributed by atoms with Crippen LogP contribution < -0.4 is 10.1 Å². The number of hydrogen-bond donors (Lipinski definition) is 1. The van der Waals surface area contributed by atoms with Gasteiger partial charge in [-0.2, -0.15) is 13.2 Å². The van der Waals surface area contributed by atoms with Crippen LogP contribution in [0.3, 0.4) is 0 Å². The van der Waals surface area contributed by atoms with Gasteiger partial charge < -0.3 is 14.8 Å². The van der Waals surface area contributed by atoms with Gasteiger partial charge in [-0.1, -0.05) is 24.3 Å². The molecule has 2 aromatic rings. The van der Waals surface area contributed by atoms with E-state index in [-0.39, 0.29) is 18.1 Å². The molecule has 9 heteroatoms. The lowest BCUT2D eigenvalue weighted by atomic mass is 9.85. The largest absolute Gasteiger partial charge is 0.497 e. The van der Waals surface area contributed by atoms with Crippen molar-refractivity contribution >= 4 is 11.9 Å². The summed E-state index contributed by atoms with van der Waals surface area (Å²) in [6.45, 7) is 1.91. The third kappa shape index (κ3) is 5.71. The molecule has 3 rings (SSSR count). The lowest BCUT2D eigenvalue weighted by Crippen LogP contribution is -2.34. The number of benzene rings is 2. The summed E-state index contributed by atoms with van der Waals surface area (Å²) in [5, 5.41) is 2.66. The van der Waals surface area contributed by atoms with Crippen LogP contribution in [-0.4, -0.2) is 31.6 Å². The maximum atomic E-state index is 13.8. The normalized spacial score (nSPS) is 18.6. The summed E-state index contributed by atoms with van der Waals surface area (Å²) in [6, 6.07) is 8.58. The van der Waals surface area contributed by atoms with Crippen LogP contribution in [0.25, 0.3) is 0 Å². The second-order valence-corrected chi connectivity index (χ2v) is 7.56. The minimum absolute atomic E-state index is 0.204. The van der Waals surface area contributed by atoms with Crippen molar-refractivity contribution in [2.75, 3.05) is 13.7 Å². The molecule has 3 atom stereocenters. The summed E-state index contributed by atoms with van der Waals surface area (Å²) in [6.07, 6.45) is -0.993. The van der Waals surface area contributed by atoms with Crippen molar-refractivity contribution in [1.82, 2.24) is 5.32 Å². The van der Waals surface area contributed by atoms with Crippen molar-refractivity contribution in [3.63, 3.8) is 0 Å². The van der Waals surface area contributed by atoms with E-state index in [9.17, 15) is 27.2 Å². The topological polar surface area (TPSA) is 64.6 Å². The first-order chi connectivity index (χ1) is 15.6. The van der Waals surface area contributed by atoms with Crippen LogP contribution in [0, 0.1) is 11.7 Å². The number of nitrogens with one attached hydrogen (secondary N) is 1. The summed E-state index contributed by atoms with van der Waals surface area (Å²) < 4.78 is 62.5. The highest BCUT2D eigenvalue weighted by Crippen LogP contribution is 2.36. The molecule has 5 nitrogen and oxygen atoms in total. The van der Waals surface area contributed by atoms with Crippen LogP contribution in [0.5, 0.6) is 5.75 Å². The highest BCUT2D eigenvalue weighted by atomic mass is 19.4. The molecule has 2 aromatic carbocycles. The van der Waals surface area contributed by atoms with E-state index >= 15 is 0 Å². The minimum atomic E-state index is -4.84. The number of ether oxygens (including phenoxy) is 2. The van der Waals surface area contributed by atoms with E-state index in [1.165, 1.54) is 7.11 Å². The average Bonchev–Trinajstić information content (AvgIpc) is 3.21. The number of halogens is 4. The highest BCUT2D eigenvalue weighted by Gasteiger charge is 2.36. The predicted octanol–water partition coefficient (Wildman–Crippen LogP) is 4.87. The summed E-state index contributed by atoms with van der Waals surface area (Å²) in [5.74, 6) is -3.01. The molecule has 3 unspecified atom stereocenters. The number of esters is 1. The van der Waals surface area contributed by atoms with Gasteiger partial charge >= 0.3 is 12.1 Å². The quantitative estimate of drug-likeness (QED) is 0.360. The second-order valence-electron chi connectivity index (χ2n) is 7.56. The lowest BCUT2D eigenvalue weighted by Gasteiger charge is -2.23. The molecule has 0 saturated heterocycles. The molecule has 176 valence electrons. The van der Waals surface area contributed by atoms with E-state index in [0.29, 0.717) is 29.9 Å². The first kappa shape index (κ1) is 24.3. The van der Waals surface area contributed by atoms with Gasteiger partial charge in [0.25, 0.3) is 5.91 Å². The fourth-order valence-electron chi connectivity index (χ4n) is 3.84. The first-order valence-electron chi connectivity index (χ1n) is 10.3. The molecule has 0 aliphatic heterocycles. The number of carbonyl (C=O) groups is 2. The Kier molecular flexibility index (Phi) is 7.40. The fraction of sp³-hybridized carbons (Fsp3) is 0.333. The van der Waals surface area contributed by atoms with Crippen molar-refractivity contribution in [2.45, 2.75) is 31.5 Å². The number of alkyl halides is 3. The fourth-order valence-corrected chi connectivity index (χ4v) is 3.84. The molecule has 0 saturated carbocycles. The molecule has 0 radical (unpaired) electrons. The number of hydrogen-bond acceptors (Lipinski definition) is 4. The van der Waals surface area contributed by atoms with E-state index in [1.54, 1.807) is 43.3 Å². The van der Waals surface area contributed by atoms with Gasteiger partial charge in [-0.05, 0) is 55.2 Å². The van der Waals surface area contributed by atoms with Crippen molar-refractivity contribution in [3.05, 3.63) is 77.1 Å². The standard InChI is InChI=1S/C24H23F4NO4/c1-3-33-23(31)21(14-5-4-6-18(12-14)32-2)15-7-9-17(11-15)29-22(30)16-8-10-19(20(25)13-16)24(26,27)28/h4-10,12-13,15,17,21H,3,11H2,1-2H3,(H,29,30). The zero-order valence-electron chi connectivity index (χ0n) is 18.0. The van der Waals surface area contributed by atoms with Gasteiger partial charge in [0, 0.05) is 11.6 Å². The van der Waals surface area contributed by atoms with Gasteiger partial charge in [-0.25, -0.2) is 4.39 Å². The van der Waals surface area contributed by atoms with Crippen molar-refractivity contribution in [3.8, 4) is 5.75 Å². The predicted molar refractivity (Wildman–Crippen MR) is 112 cm³/mol. The van der Waals surface area contributed by atoms with Gasteiger partial charge in [0.15, 0.2) is 0 Å². The number of allylic oxidation sites excluding steroid dienone is 1. The van der Waals surface area contributed by atoms with Crippen LogP contribution in [0.1, 0.15) is 40.7 Å². The Morgan fingerprint density at radius 2 is 1.91 bits per heavy atom. The molecular formula is C24H23F4NO4. The Balaban J connectivity index is 1.73. The molecule has 33 heavy (non-hydrogen) atoms. The van der Waals surface area contributed by atoms with Gasteiger partial charge in [-0.15, -0.1) is 0 Å². The Labute approximate surface area is 188 Å². The molecule has 1 aliphatic rings. The number of methoxy groups -OCH3 is 1. The summed E-state index contributed by atoms with van der Waals surface area (Å²) in [4.78, 5) is 25.2. The molecule has 0 bridgehead atoms. The van der Waals surface area contributed by atoms with Crippen LogP contribution in [0.4, 0.5) is 17.6 Å². The Bertz CT molecular complexity index is 1050. The van der Waals surface area contributed by atoms with Crippen LogP contribution in [-0.2, 0) is 15.7 Å². The minimum Gasteiger partial charge on any atom is -0.497 e. The molecule has 0 fully saturated rings. The average molecular weight is 465 g/mol. The smallest absolute Gasteiger partial charge is 0.419 e. The van der Waals surface area contributed by atoms with Crippen molar-refractivity contribution in [2.24, 2.45) is 5.92 Å². The SMILES string of the molecule is CCOC(=O)C(c1cccc(OC)c1)C1C=CC(NC(=O)c2ccc(C(F)(F)F)c(F)c2)C1. The van der Waals surface area contributed by atoms with E-state index in [4.69, 9.17) is 9.47 Å². The van der Waals surface area contributed by atoms with Crippen LogP contribution >= 0.6 is 0 Å². The van der Waals surface area contributed by atoms with Crippen LogP contribution in [0.15, 0.2) is 54.6 Å². The molecule has 1 N–H and O–H groups in total. The molecule has 0 heterocycles. The van der Waals surface area contributed by atoms with E-state index in [0.717, 1.165) is 6.07 Å². The number of carbonyl (C=O) groups excluding carboxylic acids is 2. The number of rotatable bonds is 7. The Morgan fingerprint density at radius 3 is 2.55 bits per heavy atom. The van der Waals surface area contributed by atoms with Crippen LogP contribution in [0.2, 0.25) is 0 Å². The molecule has 1 aliphatic carbocycles. The molecule has 1 amide bonds. The monoisotopic (exact) mass is 465 g/mol. The third-order valence-corrected chi connectivity index (χ3v) is 5.39. The third-order valence-electron chi connectivity index (χ3n) is 5.39. The second kappa shape index (κ2) is 10.1. The van der Waals surface area contributed by atoms with Gasteiger partial charge in [-0.3, -0.25) is 9.59 Å². The molecule has 0 aromatic heterocycles. The summed E-state index contributed by atoms with van der Waals surface area (Å²) in [7, 11) is 1.52. The van der Waals surface area contributed by atoms with Gasteiger partial charge in [0.05, 0.1) is 25.2 Å². The highest BCUT2D eigenvalue weighted by molar-refractivity contribution is 5.94. The number of amides is 1. The molecular weight excluding hydrogens is 442 g/mol. The van der Waals surface area contributed by atoms with E-state index in [1.807, 2.05) is 0 Å². The van der Waals surface area contributed by atoms with Gasteiger partial charge in [0.2, 0.25) is 0 Å². The maximum absolute atomic E-state index is 13.8. The summed E-state index contributed by atoms with van der Waals surface area (Å²) >= 11 is 0. The Morgan fingerprint density at radius 1 is 1.15 bits per heavy atom. The van der Waals surface area contributed by atoms with Crippen molar-refractivity contribution < 1.29 is 36.6 Å². The lowest BCUT2D eigenvalue weighted by molar-refractivity contribution is -0.146. The Hall–Kier alpha value is -3.36. The zero-order chi connectivity index (χ0) is 24.2. The molecule has 0 spiro atoms. The summed E-state index contributed by atoms with van der Waals surface area (Å²) in [5.41, 5.74) is -0.971. The first-order valence-corrected chi connectivity index (χ1v) is 10.3.